The van der Waals surface area contributed by atoms with Crippen LogP contribution in [0.5, 0.6) is 0 Å². The molecule has 0 aromatic heterocycles. The zero-order valence-electron chi connectivity index (χ0n) is 11.6. The van der Waals surface area contributed by atoms with Gasteiger partial charge >= 0.3 is 0 Å². The molecule has 0 unspecified atom stereocenters. The molecule has 0 heterocycles. The average molecular weight is 300 g/mol. The van der Waals surface area contributed by atoms with E-state index in [1.54, 1.807) is 12.1 Å². The van der Waals surface area contributed by atoms with Gasteiger partial charge in [0.25, 0.3) is 0 Å². The highest BCUT2D eigenvalue weighted by molar-refractivity contribution is 7.91. The maximum Gasteiger partial charge on any atom is 0.180 e. The monoisotopic (exact) mass is 300 g/mol. The normalized spacial score (nSPS) is 12.8. The molecule has 1 aromatic rings. The minimum Gasteiger partial charge on any atom is -0.409 e. The molecular formula is C13H20N2O4S. The lowest BCUT2D eigenvalue weighted by Crippen LogP contribution is -2.16. The third-order valence-corrected chi connectivity index (χ3v) is 4.22. The van der Waals surface area contributed by atoms with Crippen LogP contribution in [0.15, 0.2) is 34.3 Å². The molecule has 0 radical (unpaired) electrons. The molecule has 0 spiro atoms. The molecule has 7 heteroatoms. The summed E-state index contributed by atoms with van der Waals surface area (Å²) < 4.78 is 29.5. The summed E-state index contributed by atoms with van der Waals surface area (Å²) in [7, 11) is -3.44. The number of amidine groups is 1. The van der Waals surface area contributed by atoms with Gasteiger partial charge < -0.3 is 15.7 Å². The molecule has 0 atom stereocenters. The first-order chi connectivity index (χ1) is 9.36. The highest BCUT2D eigenvalue weighted by atomic mass is 32.2. The van der Waals surface area contributed by atoms with Gasteiger partial charge in [0.05, 0.1) is 17.3 Å². The SMILES string of the molecule is CC(C)COCCS(=O)(=O)c1cccc(/C(N)=N/O)c1. The van der Waals surface area contributed by atoms with Gasteiger partial charge in [-0.2, -0.15) is 0 Å². The number of oxime groups is 1. The Kier molecular flexibility index (Phi) is 5.97. The lowest BCUT2D eigenvalue weighted by Gasteiger charge is -2.08. The van der Waals surface area contributed by atoms with E-state index in [9.17, 15) is 8.42 Å². The number of nitrogens with two attached hydrogens (primary N) is 1. The van der Waals surface area contributed by atoms with E-state index in [4.69, 9.17) is 15.7 Å². The molecule has 0 bridgehead atoms. The van der Waals surface area contributed by atoms with Crippen molar-refractivity contribution in [2.24, 2.45) is 16.8 Å². The minimum absolute atomic E-state index is 0.0979. The second kappa shape index (κ2) is 7.25. The fourth-order valence-electron chi connectivity index (χ4n) is 1.51. The van der Waals surface area contributed by atoms with E-state index in [0.717, 1.165) is 0 Å². The second-order valence-electron chi connectivity index (χ2n) is 4.80. The highest BCUT2D eigenvalue weighted by Gasteiger charge is 2.15. The summed E-state index contributed by atoms with van der Waals surface area (Å²) in [5.41, 5.74) is 5.80. The number of benzene rings is 1. The van der Waals surface area contributed by atoms with E-state index in [0.29, 0.717) is 18.1 Å². The van der Waals surface area contributed by atoms with Crippen molar-refractivity contribution < 1.29 is 18.4 Å². The summed E-state index contributed by atoms with van der Waals surface area (Å²) >= 11 is 0. The Balaban J connectivity index is 2.77. The molecule has 1 rings (SSSR count). The maximum absolute atomic E-state index is 12.1. The van der Waals surface area contributed by atoms with Crippen LogP contribution in [-0.2, 0) is 14.6 Å². The second-order valence-corrected chi connectivity index (χ2v) is 6.91. The summed E-state index contributed by atoms with van der Waals surface area (Å²) in [5, 5.41) is 11.5. The first-order valence-electron chi connectivity index (χ1n) is 6.25. The van der Waals surface area contributed by atoms with Crippen molar-refractivity contribution >= 4 is 15.7 Å². The molecule has 1 aromatic carbocycles. The average Bonchev–Trinajstić information content (AvgIpc) is 2.42. The first-order valence-corrected chi connectivity index (χ1v) is 7.90. The van der Waals surface area contributed by atoms with E-state index in [1.165, 1.54) is 12.1 Å². The van der Waals surface area contributed by atoms with E-state index in [1.807, 2.05) is 13.8 Å². The van der Waals surface area contributed by atoms with Crippen LogP contribution in [0.1, 0.15) is 19.4 Å². The van der Waals surface area contributed by atoms with Crippen molar-refractivity contribution in [2.45, 2.75) is 18.7 Å². The van der Waals surface area contributed by atoms with E-state index in [-0.39, 0.29) is 23.1 Å². The van der Waals surface area contributed by atoms with Crippen LogP contribution >= 0.6 is 0 Å². The van der Waals surface area contributed by atoms with Crippen LogP contribution in [0.3, 0.4) is 0 Å². The first kappa shape index (κ1) is 16.5. The lowest BCUT2D eigenvalue weighted by atomic mass is 10.2. The van der Waals surface area contributed by atoms with Crippen molar-refractivity contribution in [3.05, 3.63) is 29.8 Å². The summed E-state index contributed by atoms with van der Waals surface area (Å²) in [5.74, 6) is 0.138. The predicted molar refractivity (Wildman–Crippen MR) is 76.7 cm³/mol. The largest absolute Gasteiger partial charge is 0.409 e. The fraction of sp³-hybridized carbons (Fsp3) is 0.462. The third kappa shape index (κ3) is 4.82. The number of hydrogen-bond donors (Lipinski definition) is 2. The topological polar surface area (TPSA) is 102 Å². The van der Waals surface area contributed by atoms with Crippen molar-refractivity contribution in [3.8, 4) is 0 Å². The number of sulfone groups is 1. The van der Waals surface area contributed by atoms with Crippen molar-refractivity contribution in [1.29, 1.82) is 0 Å². The Morgan fingerprint density at radius 1 is 1.45 bits per heavy atom. The van der Waals surface area contributed by atoms with Gasteiger partial charge in [-0.05, 0) is 18.1 Å². The molecule has 0 saturated heterocycles. The van der Waals surface area contributed by atoms with Crippen LogP contribution in [0, 0.1) is 5.92 Å². The number of hydrogen-bond acceptors (Lipinski definition) is 5. The van der Waals surface area contributed by atoms with Crippen molar-refractivity contribution in [1.82, 2.24) is 0 Å². The van der Waals surface area contributed by atoms with Crippen LogP contribution in [0.25, 0.3) is 0 Å². The molecule has 6 nitrogen and oxygen atoms in total. The number of nitrogens with zero attached hydrogens (tertiary/aromatic N) is 1. The van der Waals surface area contributed by atoms with Gasteiger partial charge in [-0.25, -0.2) is 8.42 Å². The molecule has 0 aliphatic rings. The van der Waals surface area contributed by atoms with Gasteiger partial charge in [0, 0.05) is 12.2 Å². The quantitative estimate of drug-likeness (QED) is 0.259. The molecule has 0 aliphatic carbocycles. The van der Waals surface area contributed by atoms with Gasteiger partial charge in [0.15, 0.2) is 15.7 Å². The minimum atomic E-state index is -3.44. The third-order valence-electron chi connectivity index (χ3n) is 2.54. The molecule has 0 saturated carbocycles. The predicted octanol–water partition coefficient (Wildman–Crippen LogP) is 1.23. The molecule has 0 fully saturated rings. The van der Waals surface area contributed by atoms with Crippen LogP contribution in [0.4, 0.5) is 0 Å². The van der Waals surface area contributed by atoms with Gasteiger partial charge in [-0.15, -0.1) is 0 Å². The molecular weight excluding hydrogens is 280 g/mol. The summed E-state index contributed by atoms with van der Waals surface area (Å²) in [4.78, 5) is 0.134. The van der Waals surface area contributed by atoms with Crippen LogP contribution in [-0.4, -0.2) is 38.4 Å². The van der Waals surface area contributed by atoms with E-state index >= 15 is 0 Å². The lowest BCUT2D eigenvalue weighted by molar-refractivity contribution is 0.123. The van der Waals surface area contributed by atoms with E-state index in [2.05, 4.69) is 5.16 Å². The highest BCUT2D eigenvalue weighted by Crippen LogP contribution is 2.13. The van der Waals surface area contributed by atoms with Crippen molar-refractivity contribution in [3.63, 3.8) is 0 Å². The Hall–Kier alpha value is -1.60. The van der Waals surface area contributed by atoms with Crippen LogP contribution in [0.2, 0.25) is 0 Å². The number of rotatable bonds is 7. The Bertz CT molecular complexity index is 567. The van der Waals surface area contributed by atoms with Crippen LogP contribution < -0.4 is 5.73 Å². The molecule has 0 aliphatic heterocycles. The van der Waals surface area contributed by atoms with Gasteiger partial charge in [0.1, 0.15) is 0 Å². The van der Waals surface area contributed by atoms with Gasteiger partial charge in [-0.3, -0.25) is 0 Å². The zero-order valence-corrected chi connectivity index (χ0v) is 12.4. The molecule has 0 amide bonds. The summed E-state index contributed by atoms with van der Waals surface area (Å²) in [6.07, 6.45) is 0. The number of ether oxygens (including phenoxy) is 1. The smallest absolute Gasteiger partial charge is 0.180 e. The molecule has 112 valence electrons. The fourth-order valence-corrected chi connectivity index (χ4v) is 2.68. The zero-order chi connectivity index (χ0) is 15.2. The molecule has 3 N–H and O–H groups in total. The molecule has 20 heavy (non-hydrogen) atoms. The van der Waals surface area contributed by atoms with Gasteiger partial charge in [-0.1, -0.05) is 31.1 Å². The Morgan fingerprint density at radius 3 is 2.75 bits per heavy atom. The summed E-state index contributed by atoms with van der Waals surface area (Å²) in [6.45, 7) is 4.66. The Labute approximate surface area is 119 Å². The van der Waals surface area contributed by atoms with E-state index < -0.39 is 9.84 Å². The summed E-state index contributed by atoms with van der Waals surface area (Å²) in [6, 6.07) is 5.98. The maximum atomic E-state index is 12.1. The Morgan fingerprint density at radius 2 is 2.15 bits per heavy atom. The standard InChI is InChI=1S/C13H20N2O4S/c1-10(2)9-19-6-7-20(17,18)12-5-3-4-11(8-12)13(14)15-16/h3-5,8,10,16H,6-7,9H2,1-2H3,(H2,14,15). The van der Waals surface area contributed by atoms with Crippen molar-refractivity contribution in [2.75, 3.05) is 19.0 Å². The van der Waals surface area contributed by atoms with Gasteiger partial charge in [0.2, 0.25) is 0 Å².